The maximum absolute atomic E-state index is 11.8. The number of esters is 1. The van der Waals surface area contributed by atoms with Gasteiger partial charge in [-0.15, -0.1) is 0 Å². The van der Waals surface area contributed by atoms with Crippen molar-refractivity contribution in [2.24, 2.45) is 0 Å². The largest absolute Gasteiger partial charge is 0.463 e. The number of methoxy groups -OCH3 is 1. The number of hydrogen-bond acceptors (Lipinski definition) is 8. The van der Waals surface area contributed by atoms with Gasteiger partial charge in [0, 0.05) is 20.2 Å². The highest BCUT2D eigenvalue weighted by atomic mass is 16.6. The van der Waals surface area contributed by atoms with E-state index in [-0.39, 0.29) is 12.4 Å². The Hall–Kier alpha value is -1.97. The molecule has 9 heteroatoms. The first-order valence-electron chi connectivity index (χ1n) is 6.28. The Morgan fingerprint density at radius 3 is 2.90 bits per heavy atom. The van der Waals surface area contributed by atoms with Gasteiger partial charge in [-0.1, -0.05) is 0 Å². The Labute approximate surface area is 120 Å². The third-order valence-corrected chi connectivity index (χ3v) is 3.16. The predicted octanol–water partition coefficient (Wildman–Crippen LogP) is -1.34. The van der Waals surface area contributed by atoms with E-state index in [0.29, 0.717) is 0 Å². The molecule has 116 valence electrons. The van der Waals surface area contributed by atoms with Crippen LogP contribution in [0.25, 0.3) is 0 Å². The molecule has 1 saturated heterocycles. The molecule has 1 aliphatic heterocycles. The zero-order chi connectivity index (χ0) is 15.6. The average molecular weight is 299 g/mol. The maximum atomic E-state index is 11.8. The Bertz CT molecular complexity index is 574. The summed E-state index contributed by atoms with van der Waals surface area (Å²) in [4.78, 5) is 26.3. The van der Waals surface area contributed by atoms with E-state index >= 15 is 0 Å². The quantitative estimate of drug-likeness (QED) is 0.654. The molecule has 1 aromatic heterocycles. The van der Waals surface area contributed by atoms with Crippen LogP contribution in [0.4, 0.5) is 5.82 Å². The van der Waals surface area contributed by atoms with Crippen molar-refractivity contribution in [2.45, 2.75) is 31.5 Å². The average Bonchev–Trinajstić information content (AvgIpc) is 2.72. The standard InChI is InChI=1S/C12H17N3O6/c1-6(16)20-5-7-9(17)10(19-2)11(21-7)15-4-3-8(13)14-12(15)18/h3-4,7,9-11,17H,5H2,1-2H3,(H2,13,14,18)/t7-,9-,10-,11-/m1/s1. The zero-order valence-corrected chi connectivity index (χ0v) is 11.6. The van der Waals surface area contributed by atoms with E-state index in [2.05, 4.69) is 4.98 Å². The highest BCUT2D eigenvalue weighted by Crippen LogP contribution is 2.30. The van der Waals surface area contributed by atoms with Gasteiger partial charge in [0.15, 0.2) is 6.23 Å². The molecule has 1 fully saturated rings. The summed E-state index contributed by atoms with van der Waals surface area (Å²) in [5, 5.41) is 10.1. The van der Waals surface area contributed by atoms with Crippen LogP contribution < -0.4 is 11.4 Å². The molecule has 1 aliphatic rings. The molecule has 0 aromatic carbocycles. The van der Waals surface area contributed by atoms with Crippen LogP contribution >= 0.6 is 0 Å². The smallest absolute Gasteiger partial charge is 0.351 e. The van der Waals surface area contributed by atoms with E-state index in [1.54, 1.807) is 0 Å². The van der Waals surface area contributed by atoms with Gasteiger partial charge in [-0.3, -0.25) is 9.36 Å². The van der Waals surface area contributed by atoms with Gasteiger partial charge in [-0.25, -0.2) is 4.79 Å². The van der Waals surface area contributed by atoms with Gasteiger partial charge in [-0.05, 0) is 6.07 Å². The molecule has 0 radical (unpaired) electrons. The Kier molecular flexibility index (Phi) is 4.56. The number of aliphatic hydroxyl groups is 1. The molecule has 0 aliphatic carbocycles. The van der Waals surface area contributed by atoms with Crippen LogP contribution in [-0.4, -0.2) is 52.7 Å². The number of aromatic nitrogens is 2. The van der Waals surface area contributed by atoms with Crippen LogP contribution in [0.3, 0.4) is 0 Å². The van der Waals surface area contributed by atoms with E-state index in [0.717, 1.165) is 0 Å². The van der Waals surface area contributed by atoms with Crippen molar-refractivity contribution in [2.75, 3.05) is 19.5 Å². The molecule has 3 N–H and O–H groups in total. The van der Waals surface area contributed by atoms with Crippen molar-refractivity contribution < 1.29 is 24.1 Å². The number of anilines is 1. The number of rotatable bonds is 4. The summed E-state index contributed by atoms with van der Waals surface area (Å²) >= 11 is 0. The highest BCUT2D eigenvalue weighted by molar-refractivity contribution is 5.65. The Morgan fingerprint density at radius 2 is 2.33 bits per heavy atom. The van der Waals surface area contributed by atoms with Crippen molar-refractivity contribution in [1.82, 2.24) is 9.55 Å². The van der Waals surface area contributed by atoms with Gasteiger partial charge in [-0.2, -0.15) is 4.98 Å². The fourth-order valence-electron chi connectivity index (χ4n) is 2.15. The van der Waals surface area contributed by atoms with Crippen LogP contribution in [0.5, 0.6) is 0 Å². The number of carbonyl (C=O) groups is 1. The first-order valence-corrected chi connectivity index (χ1v) is 6.28. The first-order chi connectivity index (χ1) is 9.93. The van der Waals surface area contributed by atoms with E-state index in [1.807, 2.05) is 0 Å². The summed E-state index contributed by atoms with van der Waals surface area (Å²) in [6.45, 7) is 1.12. The fourth-order valence-corrected chi connectivity index (χ4v) is 2.15. The van der Waals surface area contributed by atoms with E-state index in [9.17, 15) is 14.7 Å². The molecule has 2 heterocycles. The van der Waals surface area contributed by atoms with Crippen LogP contribution in [0.1, 0.15) is 13.2 Å². The van der Waals surface area contributed by atoms with Gasteiger partial charge in [0.1, 0.15) is 30.7 Å². The minimum atomic E-state index is -1.05. The summed E-state index contributed by atoms with van der Waals surface area (Å²) in [6, 6.07) is 1.43. The number of nitrogen functional groups attached to an aromatic ring is 1. The van der Waals surface area contributed by atoms with E-state index < -0.39 is 36.2 Å². The van der Waals surface area contributed by atoms with Gasteiger partial charge in [0.25, 0.3) is 0 Å². The van der Waals surface area contributed by atoms with Crippen molar-refractivity contribution in [3.63, 3.8) is 0 Å². The lowest BCUT2D eigenvalue weighted by Gasteiger charge is -2.20. The number of nitrogens with two attached hydrogens (primary N) is 1. The molecule has 9 nitrogen and oxygen atoms in total. The molecular weight excluding hydrogens is 282 g/mol. The molecule has 0 amide bonds. The second-order valence-corrected chi connectivity index (χ2v) is 4.60. The molecule has 0 saturated carbocycles. The summed E-state index contributed by atoms with van der Waals surface area (Å²) in [5.41, 5.74) is 4.80. The summed E-state index contributed by atoms with van der Waals surface area (Å²) in [7, 11) is 1.38. The van der Waals surface area contributed by atoms with E-state index in [1.165, 1.54) is 30.9 Å². The molecule has 0 unspecified atom stereocenters. The molecule has 0 bridgehead atoms. The topological polar surface area (TPSA) is 126 Å². The molecule has 1 aromatic rings. The maximum Gasteiger partial charge on any atom is 0.351 e. The monoisotopic (exact) mass is 299 g/mol. The molecule has 4 atom stereocenters. The van der Waals surface area contributed by atoms with Crippen molar-refractivity contribution >= 4 is 11.8 Å². The minimum Gasteiger partial charge on any atom is -0.463 e. The lowest BCUT2D eigenvalue weighted by atomic mass is 10.1. The Balaban J connectivity index is 2.22. The van der Waals surface area contributed by atoms with Crippen molar-refractivity contribution in [3.05, 3.63) is 22.7 Å². The third-order valence-electron chi connectivity index (χ3n) is 3.16. The van der Waals surface area contributed by atoms with Crippen LogP contribution in [0.2, 0.25) is 0 Å². The molecule has 0 spiro atoms. The van der Waals surface area contributed by atoms with Gasteiger partial charge in [0.2, 0.25) is 0 Å². The SMILES string of the molecule is CO[C@@H]1[C@H](O)[C@@H](COC(C)=O)O[C@H]1n1ccc(N)nc1=O. The minimum absolute atomic E-state index is 0.0835. The fraction of sp³-hybridized carbons (Fsp3) is 0.583. The normalized spacial score (nSPS) is 28.5. The second kappa shape index (κ2) is 6.20. The lowest BCUT2D eigenvalue weighted by molar-refractivity contribution is -0.147. The number of ether oxygens (including phenoxy) is 3. The zero-order valence-electron chi connectivity index (χ0n) is 11.6. The first kappa shape index (κ1) is 15.4. The summed E-state index contributed by atoms with van der Waals surface area (Å²) in [5.74, 6) is -0.408. The van der Waals surface area contributed by atoms with Crippen molar-refractivity contribution in [3.8, 4) is 0 Å². The van der Waals surface area contributed by atoms with E-state index in [4.69, 9.17) is 19.9 Å². The highest BCUT2D eigenvalue weighted by Gasteiger charge is 2.45. The van der Waals surface area contributed by atoms with Crippen LogP contribution in [0.15, 0.2) is 17.1 Å². The van der Waals surface area contributed by atoms with Gasteiger partial charge in [0.05, 0.1) is 0 Å². The number of nitrogens with zero attached hydrogens (tertiary/aromatic N) is 2. The molecular formula is C12H17N3O6. The lowest BCUT2D eigenvalue weighted by Crippen LogP contribution is -2.37. The summed E-state index contributed by atoms with van der Waals surface area (Å²) < 4.78 is 16.7. The van der Waals surface area contributed by atoms with Crippen LogP contribution in [-0.2, 0) is 19.0 Å². The Morgan fingerprint density at radius 1 is 1.62 bits per heavy atom. The number of carbonyl (C=O) groups excluding carboxylic acids is 1. The predicted molar refractivity (Wildman–Crippen MR) is 70.3 cm³/mol. The number of hydrogen-bond donors (Lipinski definition) is 2. The summed E-state index contributed by atoms with van der Waals surface area (Å²) in [6.07, 6.45) is -2.13. The second-order valence-electron chi connectivity index (χ2n) is 4.60. The number of aliphatic hydroxyl groups excluding tert-OH is 1. The van der Waals surface area contributed by atoms with Gasteiger partial charge < -0.3 is 25.1 Å². The molecule has 21 heavy (non-hydrogen) atoms. The van der Waals surface area contributed by atoms with Gasteiger partial charge >= 0.3 is 11.7 Å². The third kappa shape index (κ3) is 3.20. The molecule has 2 rings (SSSR count). The van der Waals surface area contributed by atoms with Crippen LogP contribution in [0, 0.1) is 0 Å². The van der Waals surface area contributed by atoms with Crippen molar-refractivity contribution in [1.29, 1.82) is 0 Å².